The third-order valence-electron chi connectivity index (χ3n) is 12.1. The summed E-state index contributed by atoms with van der Waals surface area (Å²) >= 11 is 0. The molecule has 0 radical (unpaired) electrons. The fraction of sp³-hybridized carbons (Fsp3) is 0.767. The van der Waals surface area contributed by atoms with Crippen LogP contribution in [0.25, 0.3) is 0 Å². The highest BCUT2D eigenvalue weighted by Crippen LogP contribution is 2.31. The predicted octanol–water partition coefficient (Wildman–Crippen LogP) is 2.55. The zero-order valence-corrected chi connectivity index (χ0v) is 38.9. The Kier molecular flexibility index (Phi) is 22.1. The number of nitrogens with zero attached hydrogens (tertiary/aromatic N) is 3. The molecule has 10 atom stereocenters. The van der Waals surface area contributed by atoms with E-state index in [1.165, 1.54) is 7.11 Å². The highest BCUT2D eigenvalue weighted by Gasteiger charge is 2.44. The van der Waals surface area contributed by atoms with E-state index in [-0.39, 0.29) is 55.0 Å². The van der Waals surface area contributed by atoms with Crippen molar-refractivity contribution in [3.8, 4) is 0 Å². The molecule has 1 aliphatic heterocycles. The Labute approximate surface area is 359 Å². The van der Waals surface area contributed by atoms with Crippen LogP contribution in [0.3, 0.4) is 0 Å². The lowest BCUT2D eigenvalue weighted by Gasteiger charge is -2.42. The second kappa shape index (κ2) is 25.1. The van der Waals surface area contributed by atoms with Gasteiger partial charge in [0.05, 0.1) is 36.0 Å². The molecule has 1 fully saturated rings. The Hall–Kier alpha value is -3.19. The highest BCUT2D eigenvalue weighted by atomic mass is 32.2. The van der Waals surface area contributed by atoms with Crippen LogP contribution in [0.4, 0.5) is 0 Å². The summed E-state index contributed by atoms with van der Waals surface area (Å²) < 4.78 is 43.7. The summed E-state index contributed by atoms with van der Waals surface area (Å²) in [4.78, 5) is 60.7. The number of hydrogen-bond donors (Lipinski definition) is 5. The average Bonchev–Trinajstić information content (AvgIpc) is 3.68. The molecule has 60 heavy (non-hydrogen) atoms. The van der Waals surface area contributed by atoms with Gasteiger partial charge in [0.15, 0.2) is 0 Å². The van der Waals surface area contributed by atoms with Gasteiger partial charge in [-0.05, 0) is 49.8 Å². The standard InChI is InChI=1S/C43H76N6O10S/c1-13-29(7)38(48(10)43(54)36(27(3)4)46-42(53)37(28(5)6)47(9)14-2)34(58-11)26-35(50)49-23-18-21-33(49)39(59-12)30(8)40(51)45-32(25-31-19-16-15-17-20-31)41(52)44-22-24-60(55,56)57/h15-17,19-20,27-30,32-39,50H,13-14,18,21-26H2,1-12H3,(H,44,52)(H,45,51)(H,46,53)(H,55,56,57)/t29-,30+,32-,33-,34+,35?,36-,37-,38-,39+/m0/s1. The zero-order chi connectivity index (χ0) is 45.5. The number of likely N-dealkylation sites (N-methyl/N-ethyl adjacent to an activating group) is 2. The van der Waals surface area contributed by atoms with Crippen molar-refractivity contribution >= 4 is 33.7 Å². The topological polar surface area (TPSA) is 207 Å². The third-order valence-corrected chi connectivity index (χ3v) is 12.8. The van der Waals surface area contributed by atoms with E-state index in [4.69, 9.17) is 14.0 Å². The van der Waals surface area contributed by atoms with Crippen LogP contribution in [-0.2, 0) is 45.2 Å². The fourth-order valence-electron chi connectivity index (χ4n) is 8.45. The van der Waals surface area contributed by atoms with Gasteiger partial charge in [0, 0.05) is 53.2 Å². The molecule has 344 valence electrons. The van der Waals surface area contributed by atoms with E-state index in [1.807, 2.05) is 83.5 Å². The maximum absolute atomic E-state index is 14.4. The summed E-state index contributed by atoms with van der Waals surface area (Å²) in [5.41, 5.74) is 0.772. The largest absolute Gasteiger partial charge is 0.379 e. The van der Waals surface area contributed by atoms with Gasteiger partial charge in [-0.15, -0.1) is 0 Å². The molecule has 0 aromatic heterocycles. The van der Waals surface area contributed by atoms with Crippen molar-refractivity contribution in [1.29, 1.82) is 0 Å². The molecular weight excluding hydrogens is 793 g/mol. The van der Waals surface area contributed by atoms with Crippen molar-refractivity contribution in [2.45, 2.75) is 136 Å². The summed E-state index contributed by atoms with van der Waals surface area (Å²) in [7, 11) is 2.40. The monoisotopic (exact) mass is 869 g/mol. The van der Waals surface area contributed by atoms with Gasteiger partial charge in [0.2, 0.25) is 23.6 Å². The minimum atomic E-state index is -4.31. The van der Waals surface area contributed by atoms with Gasteiger partial charge in [-0.1, -0.05) is 92.1 Å². The Morgan fingerprint density at radius 1 is 0.917 bits per heavy atom. The minimum Gasteiger partial charge on any atom is -0.379 e. The zero-order valence-electron chi connectivity index (χ0n) is 38.1. The number of aliphatic hydroxyl groups excluding tert-OH is 1. The van der Waals surface area contributed by atoms with Gasteiger partial charge >= 0.3 is 0 Å². The van der Waals surface area contributed by atoms with Crippen LogP contribution >= 0.6 is 0 Å². The number of nitrogens with one attached hydrogen (secondary N) is 3. The van der Waals surface area contributed by atoms with E-state index in [1.54, 1.807) is 38.1 Å². The smallest absolute Gasteiger partial charge is 0.266 e. The molecule has 17 heteroatoms. The van der Waals surface area contributed by atoms with E-state index >= 15 is 0 Å². The molecule has 2 rings (SSSR count). The number of rotatable bonds is 26. The number of aliphatic hydroxyl groups is 1. The molecule has 1 saturated heterocycles. The van der Waals surface area contributed by atoms with Crippen molar-refractivity contribution in [1.82, 2.24) is 30.7 Å². The van der Waals surface area contributed by atoms with E-state index < -0.39 is 76.2 Å². The van der Waals surface area contributed by atoms with Crippen LogP contribution in [0.1, 0.15) is 86.6 Å². The normalized spacial score (nSPS) is 19.5. The molecule has 5 N–H and O–H groups in total. The number of amides is 4. The van der Waals surface area contributed by atoms with Crippen molar-refractivity contribution < 1.29 is 46.7 Å². The molecule has 4 amide bonds. The van der Waals surface area contributed by atoms with Crippen LogP contribution in [0.2, 0.25) is 0 Å². The van der Waals surface area contributed by atoms with Gasteiger partial charge < -0.3 is 35.4 Å². The van der Waals surface area contributed by atoms with Crippen LogP contribution in [-0.4, -0.2) is 159 Å². The van der Waals surface area contributed by atoms with Crippen molar-refractivity contribution in [3.63, 3.8) is 0 Å². The number of methoxy groups -OCH3 is 2. The maximum Gasteiger partial charge on any atom is 0.266 e. The molecule has 16 nitrogen and oxygen atoms in total. The van der Waals surface area contributed by atoms with Crippen LogP contribution in [0.15, 0.2) is 30.3 Å². The SMILES string of the molecule is CC[C@H](C)[C@@H]([C@@H](CC(O)N1CCC[C@H]1[C@H](OC)[C@@H](C)C(=O)N[C@@H](Cc1ccccc1)C(=O)NCCS(=O)(=O)O)OC)N(C)C(=O)[C@@H](NC(=O)[C@H](C(C)C)N(C)CC)C(C)C. The third kappa shape index (κ3) is 15.3. The summed E-state index contributed by atoms with van der Waals surface area (Å²) in [5.74, 6) is -3.16. The minimum absolute atomic E-state index is 0.0307. The van der Waals surface area contributed by atoms with Crippen LogP contribution in [0, 0.1) is 23.7 Å². The van der Waals surface area contributed by atoms with E-state index in [2.05, 4.69) is 16.0 Å². The quantitative estimate of drug-likeness (QED) is 0.0853. The first-order valence-electron chi connectivity index (χ1n) is 21.5. The number of carbonyl (C=O) groups excluding carboxylic acids is 4. The molecule has 1 unspecified atom stereocenters. The maximum atomic E-state index is 14.4. The predicted molar refractivity (Wildman–Crippen MR) is 232 cm³/mol. The van der Waals surface area contributed by atoms with Crippen molar-refractivity contribution in [3.05, 3.63) is 35.9 Å². The molecular formula is C43H76N6O10S. The number of hydrogen-bond acceptors (Lipinski definition) is 11. The van der Waals surface area contributed by atoms with Gasteiger partial charge in [0.1, 0.15) is 18.3 Å². The molecule has 1 aliphatic rings. The summed E-state index contributed by atoms with van der Waals surface area (Å²) in [5, 5.41) is 20.3. The lowest BCUT2D eigenvalue weighted by molar-refractivity contribution is -0.146. The van der Waals surface area contributed by atoms with Crippen molar-refractivity contribution in [2.24, 2.45) is 23.7 Å². The van der Waals surface area contributed by atoms with E-state index in [0.717, 1.165) is 18.4 Å². The van der Waals surface area contributed by atoms with E-state index in [0.29, 0.717) is 19.5 Å². The van der Waals surface area contributed by atoms with Gasteiger partial charge in [-0.25, -0.2) is 0 Å². The first-order valence-corrected chi connectivity index (χ1v) is 23.1. The second-order valence-electron chi connectivity index (χ2n) is 17.1. The molecule has 1 heterocycles. The molecule has 1 aromatic rings. The van der Waals surface area contributed by atoms with Crippen LogP contribution < -0.4 is 16.0 Å². The number of likely N-dealkylation sites (tertiary alicyclic amines) is 1. The number of carbonyl (C=O) groups is 4. The summed E-state index contributed by atoms with van der Waals surface area (Å²) in [6, 6.07) is 6.00. The Balaban J connectivity index is 2.31. The number of ether oxygens (including phenoxy) is 2. The Morgan fingerprint density at radius 3 is 2.07 bits per heavy atom. The first-order chi connectivity index (χ1) is 28.1. The highest BCUT2D eigenvalue weighted by molar-refractivity contribution is 7.85. The molecule has 0 spiro atoms. The van der Waals surface area contributed by atoms with Crippen molar-refractivity contribution in [2.75, 3.05) is 53.7 Å². The average molecular weight is 869 g/mol. The molecule has 0 aliphatic carbocycles. The summed E-state index contributed by atoms with van der Waals surface area (Å²) in [6.07, 6.45) is 0.0566. The first kappa shape index (κ1) is 52.9. The molecule has 1 aromatic carbocycles. The number of benzene rings is 1. The van der Waals surface area contributed by atoms with Gasteiger partial charge in [-0.3, -0.25) is 33.5 Å². The Morgan fingerprint density at radius 2 is 1.55 bits per heavy atom. The fourth-order valence-corrected chi connectivity index (χ4v) is 8.81. The van der Waals surface area contributed by atoms with Gasteiger partial charge in [-0.2, -0.15) is 8.42 Å². The van der Waals surface area contributed by atoms with Crippen LogP contribution in [0.5, 0.6) is 0 Å². The lowest BCUT2D eigenvalue weighted by Crippen LogP contribution is -2.60. The summed E-state index contributed by atoms with van der Waals surface area (Å²) in [6.45, 7) is 16.4. The molecule has 0 saturated carbocycles. The second-order valence-corrected chi connectivity index (χ2v) is 18.6. The van der Waals surface area contributed by atoms with E-state index in [9.17, 15) is 32.7 Å². The Bertz CT molecular complexity index is 1600. The lowest BCUT2D eigenvalue weighted by atomic mass is 9.89. The van der Waals surface area contributed by atoms with Gasteiger partial charge in [0.25, 0.3) is 10.1 Å². The molecule has 0 bridgehead atoms.